The molecule has 1 saturated heterocycles. The number of ether oxygens (including phenoxy) is 1. The van der Waals surface area contributed by atoms with E-state index in [0.717, 1.165) is 36.1 Å². The molecule has 0 radical (unpaired) electrons. The van der Waals surface area contributed by atoms with Crippen molar-refractivity contribution < 1.29 is 27.9 Å². The molecule has 0 unspecified atom stereocenters. The van der Waals surface area contributed by atoms with Gasteiger partial charge in [0.15, 0.2) is 6.61 Å². The molecule has 1 N–H and O–H groups in total. The third kappa shape index (κ3) is 6.10. The average molecular weight is 509 g/mol. The molecule has 0 atom stereocenters. The number of phenols is 1. The third-order valence-corrected chi connectivity index (χ3v) is 7.90. The number of rotatable bonds is 9. The van der Waals surface area contributed by atoms with Crippen molar-refractivity contribution in [3.05, 3.63) is 95.6 Å². The molecule has 0 bridgehead atoms. The van der Waals surface area contributed by atoms with E-state index >= 15 is 0 Å². The zero-order valence-electron chi connectivity index (χ0n) is 19.7. The van der Waals surface area contributed by atoms with Gasteiger partial charge in [0.1, 0.15) is 11.3 Å². The smallest absolute Gasteiger partial charge is 0.342 e. The molecule has 36 heavy (non-hydrogen) atoms. The minimum Gasteiger partial charge on any atom is -0.507 e. The highest BCUT2D eigenvalue weighted by Gasteiger charge is 2.29. The summed E-state index contributed by atoms with van der Waals surface area (Å²) in [5.41, 5.74) is 1.54. The number of hydrogen-bond donors (Lipinski definition) is 1. The maximum absolute atomic E-state index is 13.1. The summed E-state index contributed by atoms with van der Waals surface area (Å²) in [6.07, 6.45) is 1.55. The molecule has 9 heteroatoms. The van der Waals surface area contributed by atoms with Crippen molar-refractivity contribution in [1.82, 2.24) is 9.21 Å². The van der Waals surface area contributed by atoms with Gasteiger partial charge in [-0.1, -0.05) is 60.7 Å². The van der Waals surface area contributed by atoms with Crippen molar-refractivity contribution in [3.63, 3.8) is 0 Å². The lowest BCUT2D eigenvalue weighted by atomic mass is 10.1. The van der Waals surface area contributed by atoms with E-state index in [1.54, 1.807) is 4.90 Å². The quantitative estimate of drug-likeness (QED) is 0.443. The third-order valence-electron chi connectivity index (χ3n) is 6.00. The van der Waals surface area contributed by atoms with Crippen LogP contribution in [0.25, 0.3) is 0 Å². The van der Waals surface area contributed by atoms with Crippen molar-refractivity contribution in [3.8, 4) is 5.75 Å². The summed E-state index contributed by atoms with van der Waals surface area (Å²) >= 11 is 0. The predicted molar refractivity (Wildman–Crippen MR) is 134 cm³/mol. The highest BCUT2D eigenvalue weighted by Crippen LogP contribution is 2.26. The molecule has 3 aromatic rings. The van der Waals surface area contributed by atoms with Crippen LogP contribution in [0, 0.1) is 0 Å². The van der Waals surface area contributed by atoms with Gasteiger partial charge in [-0.15, -0.1) is 0 Å². The molecule has 0 saturated carbocycles. The van der Waals surface area contributed by atoms with Gasteiger partial charge in [-0.2, -0.15) is 4.31 Å². The molecule has 1 aliphatic heterocycles. The lowest BCUT2D eigenvalue weighted by molar-refractivity contribution is -0.135. The number of sulfonamides is 1. The van der Waals surface area contributed by atoms with Crippen molar-refractivity contribution in [2.75, 3.05) is 19.7 Å². The van der Waals surface area contributed by atoms with Crippen molar-refractivity contribution >= 4 is 21.9 Å². The Labute approximate surface area is 210 Å². The lowest BCUT2D eigenvalue weighted by Crippen LogP contribution is -2.34. The van der Waals surface area contributed by atoms with Crippen LogP contribution in [0.15, 0.2) is 83.8 Å². The van der Waals surface area contributed by atoms with Gasteiger partial charge >= 0.3 is 5.97 Å². The van der Waals surface area contributed by atoms with Crippen LogP contribution < -0.4 is 0 Å². The Balaban J connectivity index is 1.47. The van der Waals surface area contributed by atoms with Crippen LogP contribution in [-0.2, 0) is 32.6 Å². The predicted octanol–water partition coefficient (Wildman–Crippen LogP) is 3.56. The Bertz CT molecular complexity index is 1270. The number of phenolic OH excluding ortho intramolecular Hbond substituents is 1. The van der Waals surface area contributed by atoms with Gasteiger partial charge in [0.2, 0.25) is 10.0 Å². The summed E-state index contributed by atoms with van der Waals surface area (Å²) in [5.74, 6) is -1.81. The number of carbonyl (C=O) groups is 2. The summed E-state index contributed by atoms with van der Waals surface area (Å²) in [4.78, 5) is 27.3. The Hall–Kier alpha value is -3.69. The molecule has 188 valence electrons. The maximum Gasteiger partial charge on any atom is 0.342 e. The summed E-state index contributed by atoms with van der Waals surface area (Å²) in [5, 5.41) is 10.2. The van der Waals surface area contributed by atoms with Crippen LogP contribution in [0.2, 0.25) is 0 Å². The normalized spacial score (nSPS) is 13.9. The molecular formula is C27H28N2O6S. The van der Waals surface area contributed by atoms with E-state index in [0.29, 0.717) is 26.2 Å². The second kappa shape index (κ2) is 11.4. The van der Waals surface area contributed by atoms with Crippen LogP contribution in [0.5, 0.6) is 5.75 Å². The first-order valence-electron chi connectivity index (χ1n) is 11.7. The number of aromatic hydroxyl groups is 1. The second-order valence-electron chi connectivity index (χ2n) is 8.59. The molecule has 1 fully saturated rings. The van der Waals surface area contributed by atoms with Gasteiger partial charge in [0.05, 0.1) is 4.90 Å². The Morgan fingerprint density at radius 3 is 1.97 bits per heavy atom. The number of benzene rings is 3. The maximum atomic E-state index is 13.1. The Morgan fingerprint density at radius 1 is 0.861 bits per heavy atom. The highest BCUT2D eigenvalue weighted by atomic mass is 32.2. The van der Waals surface area contributed by atoms with Crippen LogP contribution in [-0.4, -0.2) is 54.3 Å². The molecule has 1 amide bonds. The van der Waals surface area contributed by atoms with Gasteiger partial charge in [-0.05, 0) is 42.2 Å². The summed E-state index contributed by atoms with van der Waals surface area (Å²) in [6, 6.07) is 22.4. The first-order chi connectivity index (χ1) is 17.3. The Morgan fingerprint density at radius 2 is 1.42 bits per heavy atom. The standard InChI is InChI=1S/C27H28N2O6S/c30-25-14-13-23(36(33,34)29-15-7-8-16-29)17-24(25)27(32)35-20-26(31)28(18-21-9-3-1-4-10-21)19-22-11-5-2-6-12-22/h1-6,9-14,17,30H,7-8,15-16,18-20H2. The number of hydrogen-bond acceptors (Lipinski definition) is 6. The minimum absolute atomic E-state index is 0.102. The van der Waals surface area contributed by atoms with Crippen LogP contribution in [0.4, 0.5) is 0 Å². The van der Waals surface area contributed by atoms with E-state index in [4.69, 9.17) is 4.74 Å². The number of esters is 1. The molecule has 0 spiro atoms. The first kappa shape index (κ1) is 25.4. The monoisotopic (exact) mass is 508 g/mol. The largest absolute Gasteiger partial charge is 0.507 e. The van der Waals surface area contributed by atoms with Crippen LogP contribution >= 0.6 is 0 Å². The van der Waals surface area contributed by atoms with Gasteiger partial charge in [-0.3, -0.25) is 4.79 Å². The number of amides is 1. The fourth-order valence-electron chi connectivity index (χ4n) is 4.05. The Kier molecular flexibility index (Phi) is 8.02. The van der Waals surface area contributed by atoms with Crippen LogP contribution in [0.3, 0.4) is 0 Å². The van der Waals surface area contributed by atoms with E-state index in [1.165, 1.54) is 10.4 Å². The van der Waals surface area contributed by atoms with E-state index in [9.17, 15) is 23.1 Å². The molecule has 8 nitrogen and oxygen atoms in total. The summed E-state index contributed by atoms with van der Waals surface area (Å²) in [6.45, 7) is 0.912. The van der Waals surface area contributed by atoms with Gasteiger partial charge < -0.3 is 14.7 Å². The van der Waals surface area contributed by atoms with Crippen LogP contribution in [0.1, 0.15) is 34.3 Å². The van der Waals surface area contributed by atoms with Gasteiger partial charge in [0.25, 0.3) is 5.91 Å². The first-order valence-corrected chi connectivity index (χ1v) is 13.1. The summed E-state index contributed by atoms with van der Waals surface area (Å²) < 4.78 is 32.3. The molecule has 0 aromatic heterocycles. The molecule has 0 aliphatic carbocycles. The number of carbonyl (C=O) groups excluding carboxylic acids is 2. The van der Waals surface area contributed by atoms with Crippen molar-refractivity contribution in [2.24, 2.45) is 0 Å². The van der Waals surface area contributed by atoms with Gasteiger partial charge in [0, 0.05) is 26.2 Å². The molecule has 1 aliphatic rings. The van der Waals surface area contributed by atoms with E-state index in [2.05, 4.69) is 0 Å². The van der Waals surface area contributed by atoms with E-state index in [-0.39, 0.29) is 10.5 Å². The molecule has 1 heterocycles. The number of nitrogens with zero attached hydrogens (tertiary/aromatic N) is 2. The zero-order valence-corrected chi connectivity index (χ0v) is 20.6. The van der Waals surface area contributed by atoms with E-state index in [1.807, 2.05) is 60.7 Å². The highest BCUT2D eigenvalue weighted by molar-refractivity contribution is 7.89. The van der Waals surface area contributed by atoms with Crippen molar-refractivity contribution in [1.29, 1.82) is 0 Å². The SMILES string of the molecule is O=C(OCC(=O)N(Cc1ccccc1)Cc1ccccc1)c1cc(S(=O)(=O)N2CCCC2)ccc1O. The lowest BCUT2D eigenvalue weighted by Gasteiger charge is -2.23. The second-order valence-corrected chi connectivity index (χ2v) is 10.5. The van der Waals surface area contributed by atoms with E-state index < -0.39 is 34.3 Å². The minimum atomic E-state index is -3.79. The topological polar surface area (TPSA) is 104 Å². The molecule has 4 rings (SSSR count). The molecule has 3 aromatic carbocycles. The zero-order chi connectivity index (χ0) is 25.5. The van der Waals surface area contributed by atoms with Crippen molar-refractivity contribution in [2.45, 2.75) is 30.8 Å². The molecular weight excluding hydrogens is 480 g/mol. The summed E-state index contributed by atoms with van der Waals surface area (Å²) in [7, 11) is -3.79. The van der Waals surface area contributed by atoms with Gasteiger partial charge in [-0.25, -0.2) is 13.2 Å². The average Bonchev–Trinajstić information content (AvgIpc) is 3.44. The fraction of sp³-hybridized carbons (Fsp3) is 0.259. The fourth-order valence-corrected chi connectivity index (χ4v) is 5.60.